The minimum atomic E-state index is -4.54. The molecule has 0 heterocycles. The van der Waals surface area contributed by atoms with Crippen molar-refractivity contribution in [2.75, 3.05) is 13.6 Å². The Bertz CT molecular complexity index is 625. The molecule has 0 bridgehead atoms. The van der Waals surface area contributed by atoms with Gasteiger partial charge in [0.1, 0.15) is 0 Å². The molecule has 9 heteroatoms. The summed E-state index contributed by atoms with van der Waals surface area (Å²) in [6.07, 6.45) is -4.54. The molecule has 0 unspecified atom stereocenters. The lowest BCUT2D eigenvalue weighted by atomic mass is 10.2. The summed E-state index contributed by atoms with van der Waals surface area (Å²) in [6, 6.07) is 2.98. The molecule has 0 saturated heterocycles. The average molecular weight is 338 g/mol. The van der Waals surface area contributed by atoms with Gasteiger partial charge in [0.25, 0.3) is 0 Å². The lowest BCUT2D eigenvalue weighted by Gasteiger charge is -2.18. The second-order valence-corrected chi connectivity index (χ2v) is 7.05. The Hall–Kier alpha value is -1.61. The number of hydrogen-bond acceptors (Lipinski definition) is 3. The quantitative estimate of drug-likeness (QED) is 0.891. The van der Waals surface area contributed by atoms with Gasteiger partial charge < -0.3 is 5.32 Å². The maximum Gasteiger partial charge on any atom is 0.416 e. The van der Waals surface area contributed by atoms with Crippen LogP contribution in [0.3, 0.4) is 0 Å². The fourth-order valence-electron chi connectivity index (χ4n) is 1.65. The number of likely N-dealkylation sites (N-methyl/N-ethyl adjacent to an activating group) is 1. The molecule has 1 N–H and O–H groups in total. The zero-order valence-electron chi connectivity index (χ0n) is 12.3. The normalized spacial score (nSPS) is 12.7. The van der Waals surface area contributed by atoms with E-state index in [1.54, 1.807) is 13.8 Å². The smallest absolute Gasteiger partial charge is 0.353 e. The van der Waals surface area contributed by atoms with Crippen LogP contribution in [-0.2, 0) is 21.0 Å². The fourth-order valence-corrected chi connectivity index (χ4v) is 2.78. The first kappa shape index (κ1) is 18.4. The number of rotatable bonds is 5. The highest BCUT2D eigenvalue weighted by atomic mass is 32.2. The first-order valence-corrected chi connectivity index (χ1v) is 7.81. The van der Waals surface area contributed by atoms with Crippen molar-refractivity contribution in [3.8, 4) is 0 Å². The van der Waals surface area contributed by atoms with E-state index in [2.05, 4.69) is 5.32 Å². The molecule has 22 heavy (non-hydrogen) atoms. The molecule has 1 aromatic rings. The van der Waals surface area contributed by atoms with E-state index in [0.717, 1.165) is 16.4 Å². The molecule has 0 radical (unpaired) electrons. The van der Waals surface area contributed by atoms with Crippen molar-refractivity contribution in [1.29, 1.82) is 0 Å². The van der Waals surface area contributed by atoms with Crippen LogP contribution in [0, 0.1) is 0 Å². The van der Waals surface area contributed by atoms with Gasteiger partial charge >= 0.3 is 6.18 Å². The second-order valence-electron chi connectivity index (χ2n) is 5.01. The van der Waals surface area contributed by atoms with Crippen LogP contribution in [0.25, 0.3) is 0 Å². The Morgan fingerprint density at radius 3 is 2.14 bits per heavy atom. The van der Waals surface area contributed by atoms with Gasteiger partial charge in [0.15, 0.2) is 0 Å². The van der Waals surface area contributed by atoms with E-state index < -0.39 is 34.2 Å². The van der Waals surface area contributed by atoms with Crippen LogP contribution in [0.2, 0.25) is 0 Å². The summed E-state index contributed by atoms with van der Waals surface area (Å²) < 4.78 is 62.5. The maximum absolute atomic E-state index is 12.5. The van der Waals surface area contributed by atoms with Crippen molar-refractivity contribution < 1.29 is 26.4 Å². The topological polar surface area (TPSA) is 66.5 Å². The molecule has 0 aliphatic rings. The van der Waals surface area contributed by atoms with Gasteiger partial charge in [-0.25, -0.2) is 8.42 Å². The fraction of sp³-hybridized carbons (Fsp3) is 0.462. The highest BCUT2D eigenvalue weighted by Crippen LogP contribution is 2.30. The van der Waals surface area contributed by atoms with Gasteiger partial charge in [-0.05, 0) is 38.1 Å². The summed E-state index contributed by atoms with van der Waals surface area (Å²) in [5.74, 6) is -0.493. The van der Waals surface area contributed by atoms with Crippen LogP contribution in [0.5, 0.6) is 0 Å². The third-order valence-electron chi connectivity index (χ3n) is 2.71. The third kappa shape index (κ3) is 4.70. The number of amides is 1. The number of carbonyl (C=O) groups is 1. The Kier molecular flexibility index (Phi) is 5.58. The summed E-state index contributed by atoms with van der Waals surface area (Å²) >= 11 is 0. The number of benzene rings is 1. The molecule has 0 aromatic heterocycles. The largest absolute Gasteiger partial charge is 0.416 e. The first-order chi connectivity index (χ1) is 9.94. The Balaban J connectivity index is 2.92. The van der Waals surface area contributed by atoms with Crippen molar-refractivity contribution in [2.24, 2.45) is 0 Å². The van der Waals surface area contributed by atoms with E-state index >= 15 is 0 Å². The first-order valence-electron chi connectivity index (χ1n) is 6.37. The zero-order chi connectivity index (χ0) is 17.1. The maximum atomic E-state index is 12.5. The molecule has 1 amide bonds. The van der Waals surface area contributed by atoms with Crippen molar-refractivity contribution in [3.63, 3.8) is 0 Å². The molecule has 1 rings (SSSR count). The van der Waals surface area contributed by atoms with E-state index in [9.17, 15) is 26.4 Å². The standard InChI is InChI=1S/C13H17F3N2O3S/c1-9(2)17-12(19)8-18(3)22(20,21)11-6-4-10(5-7-11)13(14,15)16/h4-7,9H,8H2,1-3H3,(H,17,19). The van der Waals surface area contributed by atoms with E-state index in [-0.39, 0.29) is 10.9 Å². The predicted octanol–water partition coefficient (Wildman–Crippen LogP) is 1.85. The molecule has 0 fully saturated rings. The minimum absolute atomic E-state index is 0.144. The molecule has 0 aliphatic carbocycles. The molecular weight excluding hydrogens is 321 g/mol. The van der Waals surface area contributed by atoms with Crippen LogP contribution in [0.15, 0.2) is 29.2 Å². The van der Waals surface area contributed by atoms with Crippen LogP contribution < -0.4 is 5.32 Å². The Morgan fingerprint density at radius 2 is 1.73 bits per heavy atom. The minimum Gasteiger partial charge on any atom is -0.353 e. The number of nitrogens with one attached hydrogen (secondary N) is 1. The van der Waals surface area contributed by atoms with Gasteiger partial charge in [-0.3, -0.25) is 4.79 Å². The molecule has 5 nitrogen and oxygen atoms in total. The van der Waals surface area contributed by atoms with Crippen LogP contribution in [0.4, 0.5) is 13.2 Å². The van der Waals surface area contributed by atoms with Gasteiger partial charge in [0, 0.05) is 13.1 Å². The second kappa shape index (κ2) is 6.66. The molecule has 1 aromatic carbocycles. The number of sulfonamides is 1. The third-order valence-corrected chi connectivity index (χ3v) is 4.52. The summed E-state index contributed by atoms with van der Waals surface area (Å²) in [5, 5.41) is 2.53. The number of nitrogens with zero attached hydrogens (tertiary/aromatic N) is 1. The zero-order valence-corrected chi connectivity index (χ0v) is 13.1. The van der Waals surface area contributed by atoms with Gasteiger partial charge in [-0.1, -0.05) is 0 Å². The lowest BCUT2D eigenvalue weighted by Crippen LogP contribution is -2.40. The van der Waals surface area contributed by atoms with Gasteiger partial charge in [0.05, 0.1) is 17.0 Å². The molecule has 0 saturated carbocycles. The number of alkyl halides is 3. The van der Waals surface area contributed by atoms with Crippen LogP contribution in [0.1, 0.15) is 19.4 Å². The van der Waals surface area contributed by atoms with E-state index in [1.165, 1.54) is 7.05 Å². The summed E-state index contributed by atoms with van der Waals surface area (Å²) in [5.41, 5.74) is -0.938. The van der Waals surface area contributed by atoms with Crippen molar-refractivity contribution >= 4 is 15.9 Å². The number of halogens is 3. The number of hydrogen-bond donors (Lipinski definition) is 1. The lowest BCUT2D eigenvalue weighted by molar-refractivity contribution is -0.137. The van der Waals surface area contributed by atoms with Gasteiger partial charge in [0.2, 0.25) is 15.9 Å². The summed E-state index contributed by atoms with van der Waals surface area (Å²) in [4.78, 5) is 11.3. The Morgan fingerprint density at radius 1 is 1.23 bits per heavy atom. The van der Waals surface area contributed by atoms with E-state index in [1.807, 2.05) is 0 Å². The van der Waals surface area contributed by atoms with Crippen molar-refractivity contribution in [1.82, 2.24) is 9.62 Å². The summed E-state index contributed by atoms with van der Waals surface area (Å²) in [7, 11) is -2.84. The molecule has 0 spiro atoms. The highest BCUT2D eigenvalue weighted by molar-refractivity contribution is 7.89. The van der Waals surface area contributed by atoms with Crippen molar-refractivity contribution in [2.45, 2.75) is 31.0 Å². The van der Waals surface area contributed by atoms with Crippen LogP contribution in [-0.4, -0.2) is 38.3 Å². The van der Waals surface area contributed by atoms with Gasteiger partial charge in [-0.15, -0.1) is 0 Å². The average Bonchev–Trinajstić information content (AvgIpc) is 2.36. The van der Waals surface area contributed by atoms with Gasteiger partial charge in [-0.2, -0.15) is 17.5 Å². The monoisotopic (exact) mass is 338 g/mol. The van der Waals surface area contributed by atoms with E-state index in [0.29, 0.717) is 12.1 Å². The SMILES string of the molecule is CC(C)NC(=O)CN(C)S(=O)(=O)c1ccc(C(F)(F)F)cc1. The highest BCUT2D eigenvalue weighted by Gasteiger charge is 2.31. The number of carbonyl (C=O) groups excluding carboxylic acids is 1. The molecule has 124 valence electrons. The molecule has 0 atom stereocenters. The van der Waals surface area contributed by atoms with Crippen LogP contribution >= 0.6 is 0 Å². The summed E-state index contributed by atoms with van der Waals surface area (Å²) in [6.45, 7) is 3.03. The predicted molar refractivity (Wildman–Crippen MR) is 74.5 cm³/mol. The van der Waals surface area contributed by atoms with E-state index in [4.69, 9.17) is 0 Å². The molecular formula is C13H17F3N2O3S. The molecule has 0 aliphatic heterocycles. The Labute approximate surface area is 127 Å². The van der Waals surface area contributed by atoms with Crippen molar-refractivity contribution in [3.05, 3.63) is 29.8 Å².